The normalized spacial score (nSPS) is 12.4. The van der Waals surface area contributed by atoms with Gasteiger partial charge in [-0.1, -0.05) is 31.9 Å². The van der Waals surface area contributed by atoms with Crippen molar-refractivity contribution >= 4 is 11.6 Å². The summed E-state index contributed by atoms with van der Waals surface area (Å²) in [6, 6.07) is 6.44. The van der Waals surface area contributed by atoms with Gasteiger partial charge in [0.05, 0.1) is 7.11 Å². The van der Waals surface area contributed by atoms with E-state index in [1.807, 2.05) is 18.2 Å². The van der Waals surface area contributed by atoms with E-state index >= 15 is 0 Å². The molecule has 0 heterocycles. The van der Waals surface area contributed by atoms with Crippen molar-refractivity contribution in [2.75, 3.05) is 13.7 Å². The number of aryl methyl sites for hydroxylation is 1. The van der Waals surface area contributed by atoms with Crippen LogP contribution in [-0.4, -0.2) is 19.7 Å². The molecule has 1 rings (SSSR count). The summed E-state index contributed by atoms with van der Waals surface area (Å²) in [6.45, 7) is 5.54. The Kier molecular flexibility index (Phi) is 7.92. The van der Waals surface area contributed by atoms with Gasteiger partial charge in [0.15, 0.2) is 0 Å². The fraction of sp³-hybridized carbons (Fsp3) is 0.625. The molecule has 3 heteroatoms. The Labute approximate surface area is 122 Å². The van der Waals surface area contributed by atoms with E-state index in [9.17, 15) is 0 Å². The molecule has 0 aliphatic carbocycles. The van der Waals surface area contributed by atoms with Crippen molar-refractivity contribution < 1.29 is 4.74 Å². The summed E-state index contributed by atoms with van der Waals surface area (Å²) in [6.07, 6.45) is 5.76. The van der Waals surface area contributed by atoms with Gasteiger partial charge in [0.2, 0.25) is 0 Å². The van der Waals surface area contributed by atoms with Crippen LogP contribution in [0.1, 0.15) is 45.1 Å². The summed E-state index contributed by atoms with van der Waals surface area (Å²) in [5.74, 6) is 0.940. The molecule has 1 N–H and O–H groups in total. The van der Waals surface area contributed by atoms with Crippen molar-refractivity contribution in [1.29, 1.82) is 0 Å². The molecule has 1 atom stereocenters. The molecule has 0 saturated heterocycles. The number of ether oxygens (including phenoxy) is 1. The molecule has 0 spiro atoms. The second-order valence-corrected chi connectivity index (χ2v) is 5.37. The molecule has 108 valence electrons. The second-order valence-electron chi connectivity index (χ2n) is 4.93. The van der Waals surface area contributed by atoms with Crippen LogP contribution >= 0.6 is 11.6 Å². The smallest absolute Gasteiger partial charge is 0.122 e. The third-order valence-corrected chi connectivity index (χ3v) is 3.56. The van der Waals surface area contributed by atoms with Crippen molar-refractivity contribution in [2.45, 2.75) is 52.0 Å². The summed E-state index contributed by atoms with van der Waals surface area (Å²) in [4.78, 5) is 0. The number of nitrogens with one attached hydrogen (secondary N) is 1. The molecular weight excluding hydrogens is 258 g/mol. The summed E-state index contributed by atoms with van der Waals surface area (Å²) in [7, 11) is 1.71. The minimum atomic E-state index is 0.591. The molecule has 0 aromatic heterocycles. The number of methoxy groups -OCH3 is 1. The second kappa shape index (κ2) is 9.22. The van der Waals surface area contributed by atoms with Gasteiger partial charge < -0.3 is 10.1 Å². The first-order valence-corrected chi connectivity index (χ1v) is 7.64. The zero-order chi connectivity index (χ0) is 14.1. The third-order valence-electron chi connectivity index (χ3n) is 3.32. The first-order chi connectivity index (χ1) is 9.21. The van der Waals surface area contributed by atoms with Gasteiger partial charge in [-0.2, -0.15) is 0 Å². The van der Waals surface area contributed by atoms with Crippen LogP contribution in [0.5, 0.6) is 5.75 Å². The highest BCUT2D eigenvalue weighted by atomic mass is 35.5. The molecule has 1 aromatic rings. The van der Waals surface area contributed by atoms with Crippen molar-refractivity contribution in [3.8, 4) is 5.75 Å². The molecule has 0 saturated carbocycles. The Bertz CT molecular complexity index is 368. The number of hydrogen-bond donors (Lipinski definition) is 1. The number of benzene rings is 1. The molecule has 0 fully saturated rings. The van der Waals surface area contributed by atoms with Gasteiger partial charge >= 0.3 is 0 Å². The minimum Gasteiger partial charge on any atom is -0.496 e. The lowest BCUT2D eigenvalue weighted by molar-refractivity contribution is 0.403. The Morgan fingerprint density at radius 3 is 2.63 bits per heavy atom. The maximum atomic E-state index is 6.06. The maximum Gasteiger partial charge on any atom is 0.122 e. The van der Waals surface area contributed by atoms with Crippen LogP contribution in [0.3, 0.4) is 0 Å². The summed E-state index contributed by atoms with van der Waals surface area (Å²) < 4.78 is 5.39. The van der Waals surface area contributed by atoms with Gasteiger partial charge in [-0.05, 0) is 56.0 Å². The van der Waals surface area contributed by atoms with Gasteiger partial charge in [-0.15, -0.1) is 0 Å². The van der Waals surface area contributed by atoms with E-state index in [4.69, 9.17) is 16.3 Å². The topological polar surface area (TPSA) is 21.3 Å². The van der Waals surface area contributed by atoms with Crippen LogP contribution < -0.4 is 10.1 Å². The molecule has 1 unspecified atom stereocenters. The van der Waals surface area contributed by atoms with Crippen LogP contribution in [0.4, 0.5) is 0 Å². The highest BCUT2D eigenvalue weighted by Crippen LogP contribution is 2.24. The van der Waals surface area contributed by atoms with Crippen molar-refractivity contribution in [3.05, 3.63) is 28.8 Å². The summed E-state index contributed by atoms with van der Waals surface area (Å²) in [5.41, 5.74) is 1.20. The molecular formula is C16H26ClNO. The number of hydrogen-bond acceptors (Lipinski definition) is 2. The van der Waals surface area contributed by atoms with Crippen molar-refractivity contribution in [1.82, 2.24) is 5.32 Å². The summed E-state index contributed by atoms with van der Waals surface area (Å²) in [5, 5.41) is 4.40. The average molecular weight is 284 g/mol. The number of rotatable bonds is 9. The first-order valence-electron chi connectivity index (χ1n) is 7.27. The van der Waals surface area contributed by atoms with Gasteiger partial charge in [0.1, 0.15) is 5.75 Å². The largest absolute Gasteiger partial charge is 0.496 e. The van der Waals surface area contributed by atoms with Crippen molar-refractivity contribution in [3.63, 3.8) is 0 Å². The average Bonchev–Trinajstić information content (AvgIpc) is 2.42. The van der Waals surface area contributed by atoms with Crippen molar-refractivity contribution in [2.24, 2.45) is 0 Å². The van der Waals surface area contributed by atoms with E-state index in [-0.39, 0.29) is 0 Å². The summed E-state index contributed by atoms with van der Waals surface area (Å²) >= 11 is 6.06. The number of halogens is 1. The van der Waals surface area contributed by atoms with E-state index in [1.165, 1.54) is 24.8 Å². The minimum absolute atomic E-state index is 0.591. The van der Waals surface area contributed by atoms with Gasteiger partial charge in [-0.3, -0.25) is 0 Å². The SMILES string of the molecule is CCCNC(CCC)CCc1cc(Cl)ccc1OC. The molecule has 2 nitrogen and oxygen atoms in total. The molecule has 0 aliphatic heterocycles. The molecule has 0 bridgehead atoms. The van der Waals surface area contributed by atoms with Crippen LogP contribution in [0, 0.1) is 0 Å². The first kappa shape index (κ1) is 16.3. The molecule has 1 aromatic carbocycles. The van der Waals surface area contributed by atoms with Crippen LogP contribution in [-0.2, 0) is 6.42 Å². The predicted octanol–water partition coefficient (Wildman–Crippen LogP) is 4.45. The molecule has 0 aliphatic rings. The van der Waals surface area contributed by atoms with Gasteiger partial charge in [-0.25, -0.2) is 0 Å². The Morgan fingerprint density at radius 1 is 1.21 bits per heavy atom. The molecule has 0 radical (unpaired) electrons. The fourth-order valence-electron chi connectivity index (χ4n) is 2.32. The highest BCUT2D eigenvalue weighted by Gasteiger charge is 2.10. The molecule has 19 heavy (non-hydrogen) atoms. The lowest BCUT2D eigenvalue weighted by Gasteiger charge is -2.18. The van der Waals surface area contributed by atoms with Crippen LogP contribution in [0.15, 0.2) is 18.2 Å². The fourth-order valence-corrected chi connectivity index (χ4v) is 2.51. The maximum absolute atomic E-state index is 6.06. The third kappa shape index (κ3) is 5.84. The van der Waals surface area contributed by atoms with E-state index in [0.717, 1.165) is 30.2 Å². The zero-order valence-electron chi connectivity index (χ0n) is 12.3. The van der Waals surface area contributed by atoms with E-state index in [2.05, 4.69) is 19.2 Å². The van der Waals surface area contributed by atoms with Crippen LogP contribution in [0.25, 0.3) is 0 Å². The van der Waals surface area contributed by atoms with Gasteiger partial charge in [0.25, 0.3) is 0 Å². The monoisotopic (exact) mass is 283 g/mol. The van der Waals surface area contributed by atoms with E-state index < -0.39 is 0 Å². The predicted molar refractivity (Wildman–Crippen MR) is 83.3 cm³/mol. The Hall–Kier alpha value is -0.730. The van der Waals surface area contributed by atoms with Gasteiger partial charge in [0, 0.05) is 11.1 Å². The Morgan fingerprint density at radius 2 is 2.00 bits per heavy atom. The quantitative estimate of drug-likeness (QED) is 0.723. The standard InChI is InChI=1S/C16H26ClNO/c1-4-6-15(18-11-5-2)9-7-13-12-14(17)8-10-16(13)19-3/h8,10,12,15,18H,4-7,9,11H2,1-3H3. The van der Waals surface area contributed by atoms with E-state index in [1.54, 1.807) is 7.11 Å². The lowest BCUT2D eigenvalue weighted by atomic mass is 10.0. The van der Waals surface area contributed by atoms with Crippen LogP contribution in [0.2, 0.25) is 5.02 Å². The Balaban J connectivity index is 2.59. The lowest BCUT2D eigenvalue weighted by Crippen LogP contribution is -2.30. The van der Waals surface area contributed by atoms with E-state index in [0.29, 0.717) is 6.04 Å². The highest BCUT2D eigenvalue weighted by molar-refractivity contribution is 6.30. The molecule has 0 amide bonds. The zero-order valence-corrected chi connectivity index (χ0v) is 13.1.